The van der Waals surface area contributed by atoms with E-state index in [0.29, 0.717) is 37.2 Å². The van der Waals surface area contributed by atoms with Crippen LogP contribution in [0.25, 0.3) is 0 Å². The van der Waals surface area contributed by atoms with Crippen LogP contribution in [0, 0.1) is 5.92 Å². The van der Waals surface area contributed by atoms with Crippen LogP contribution in [-0.4, -0.2) is 48.5 Å². The third-order valence-corrected chi connectivity index (χ3v) is 7.48. The van der Waals surface area contributed by atoms with Crippen molar-refractivity contribution in [3.8, 4) is 0 Å². The summed E-state index contributed by atoms with van der Waals surface area (Å²) < 4.78 is 43.5. The second-order valence-corrected chi connectivity index (χ2v) is 9.01. The van der Waals surface area contributed by atoms with Crippen molar-refractivity contribution >= 4 is 26.8 Å². The highest BCUT2D eigenvalue weighted by atomic mass is 32.2. The van der Waals surface area contributed by atoms with Gasteiger partial charge in [-0.25, -0.2) is 13.1 Å². The number of rotatable bonds is 4. The monoisotopic (exact) mass is 323 g/mol. The fraction of sp³-hybridized carbons (Fsp3) is 0.917. The number of hydrogen-bond donors (Lipinski definition) is 1. The number of ether oxygens (including phenoxy) is 1. The molecule has 0 spiro atoms. The Bertz CT molecular complexity index is 480. The fourth-order valence-electron chi connectivity index (χ4n) is 2.95. The predicted octanol–water partition coefficient (Wildman–Crippen LogP) is 0.159. The Labute approximate surface area is 122 Å². The van der Waals surface area contributed by atoms with Gasteiger partial charge in [-0.2, -0.15) is 0 Å². The molecule has 2 fully saturated rings. The molecular weight excluding hydrogens is 302 g/mol. The number of carbonyl (C=O) groups excluding carboxylic acids is 1. The van der Waals surface area contributed by atoms with Gasteiger partial charge in [-0.1, -0.05) is 6.42 Å². The molecule has 0 radical (unpaired) electrons. The highest BCUT2D eigenvalue weighted by Crippen LogP contribution is 2.32. The minimum Gasteiger partial charge on any atom is -0.469 e. The molecule has 2 aliphatic rings. The van der Waals surface area contributed by atoms with Crippen LogP contribution in [0.5, 0.6) is 0 Å². The van der Waals surface area contributed by atoms with Crippen LogP contribution in [0.1, 0.15) is 32.1 Å². The Hall–Kier alpha value is -0.470. The largest absolute Gasteiger partial charge is 0.469 e. The lowest BCUT2D eigenvalue weighted by molar-refractivity contribution is -0.145. The average Bonchev–Trinajstić information content (AvgIpc) is 2.90. The molecule has 0 aromatic heterocycles. The van der Waals surface area contributed by atoms with Gasteiger partial charge in [-0.15, -0.1) is 0 Å². The zero-order valence-electron chi connectivity index (χ0n) is 11.5. The molecule has 0 aromatic carbocycles. The summed E-state index contributed by atoms with van der Waals surface area (Å²) in [4.78, 5) is 11.7. The van der Waals surface area contributed by atoms with Gasteiger partial charge in [0.2, 0.25) is 10.0 Å². The van der Waals surface area contributed by atoms with Crippen molar-refractivity contribution in [1.29, 1.82) is 0 Å². The predicted molar refractivity (Wildman–Crippen MR) is 76.1 cm³/mol. The van der Waals surface area contributed by atoms with E-state index in [4.69, 9.17) is 4.74 Å². The van der Waals surface area contributed by atoms with Crippen molar-refractivity contribution in [2.45, 2.75) is 43.4 Å². The number of methoxy groups -OCH3 is 1. The maximum Gasteiger partial charge on any atom is 0.310 e. The van der Waals surface area contributed by atoms with Crippen molar-refractivity contribution < 1.29 is 22.2 Å². The first kappa shape index (κ1) is 15.9. The molecule has 0 amide bonds. The number of nitrogens with one attached hydrogen (secondary N) is 1. The highest BCUT2D eigenvalue weighted by molar-refractivity contribution is 7.90. The molecule has 1 heterocycles. The summed E-state index contributed by atoms with van der Waals surface area (Å²) in [6, 6.07) is -0.156. The third-order valence-electron chi connectivity index (χ3n) is 4.07. The molecule has 1 aliphatic carbocycles. The highest BCUT2D eigenvalue weighted by Gasteiger charge is 2.43. The van der Waals surface area contributed by atoms with E-state index >= 15 is 0 Å². The summed E-state index contributed by atoms with van der Waals surface area (Å²) in [5, 5.41) is -0.692. The molecule has 6 nitrogen and oxygen atoms in total. The third kappa shape index (κ3) is 3.59. The van der Waals surface area contributed by atoms with E-state index in [-0.39, 0.29) is 6.04 Å². The molecular formula is C12H21NO5S2. The van der Waals surface area contributed by atoms with E-state index in [0.717, 1.165) is 6.42 Å². The standard InChI is InChI=1S/C12H21NO5S2/c1-18-12(14)10-3-2-4-11(10)20(16,17)13-9-5-7-19(15)8-6-9/h9-11,13H,2-8H2,1H3. The maximum absolute atomic E-state index is 12.4. The molecule has 1 saturated heterocycles. The van der Waals surface area contributed by atoms with Crippen LogP contribution in [0.3, 0.4) is 0 Å². The zero-order valence-corrected chi connectivity index (χ0v) is 13.2. The van der Waals surface area contributed by atoms with Crippen molar-refractivity contribution in [3.63, 3.8) is 0 Å². The van der Waals surface area contributed by atoms with Crippen molar-refractivity contribution in [1.82, 2.24) is 4.72 Å². The molecule has 116 valence electrons. The normalized spacial score (nSPS) is 34.9. The van der Waals surface area contributed by atoms with Gasteiger partial charge in [0.15, 0.2) is 0 Å². The van der Waals surface area contributed by atoms with Crippen LogP contribution >= 0.6 is 0 Å². The van der Waals surface area contributed by atoms with Gasteiger partial charge >= 0.3 is 5.97 Å². The van der Waals surface area contributed by atoms with Crippen LogP contribution < -0.4 is 4.72 Å². The van der Waals surface area contributed by atoms with Crippen LogP contribution in [0.15, 0.2) is 0 Å². The smallest absolute Gasteiger partial charge is 0.310 e. The van der Waals surface area contributed by atoms with Gasteiger partial charge in [0, 0.05) is 28.3 Å². The van der Waals surface area contributed by atoms with Gasteiger partial charge in [-0.3, -0.25) is 9.00 Å². The first-order valence-electron chi connectivity index (χ1n) is 6.88. The lowest BCUT2D eigenvalue weighted by Gasteiger charge is -2.25. The topological polar surface area (TPSA) is 89.5 Å². The molecule has 8 heteroatoms. The number of carbonyl (C=O) groups is 1. The molecule has 2 rings (SSSR count). The molecule has 1 aliphatic heterocycles. The summed E-state index contributed by atoms with van der Waals surface area (Å²) in [6.45, 7) is 0. The van der Waals surface area contributed by atoms with E-state index in [1.807, 2.05) is 0 Å². The molecule has 2 atom stereocenters. The van der Waals surface area contributed by atoms with Gasteiger partial charge < -0.3 is 4.74 Å². The van der Waals surface area contributed by atoms with E-state index < -0.39 is 38.0 Å². The van der Waals surface area contributed by atoms with Crippen molar-refractivity contribution in [2.24, 2.45) is 5.92 Å². The summed E-state index contributed by atoms with van der Waals surface area (Å²) >= 11 is 0. The molecule has 1 saturated carbocycles. The van der Waals surface area contributed by atoms with E-state index in [2.05, 4.69) is 4.72 Å². The van der Waals surface area contributed by atoms with E-state index in [1.165, 1.54) is 7.11 Å². The van der Waals surface area contributed by atoms with Crippen molar-refractivity contribution in [3.05, 3.63) is 0 Å². The summed E-state index contributed by atoms with van der Waals surface area (Å²) in [5.74, 6) is 0.0779. The Morgan fingerprint density at radius 1 is 1.20 bits per heavy atom. The van der Waals surface area contributed by atoms with Crippen LogP contribution in [0.4, 0.5) is 0 Å². The zero-order chi connectivity index (χ0) is 14.8. The number of sulfonamides is 1. The lowest BCUT2D eigenvalue weighted by atomic mass is 10.1. The quantitative estimate of drug-likeness (QED) is 0.744. The summed E-state index contributed by atoms with van der Waals surface area (Å²) in [7, 11) is -3.06. The molecule has 20 heavy (non-hydrogen) atoms. The van der Waals surface area contributed by atoms with Crippen LogP contribution in [0.2, 0.25) is 0 Å². The maximum atomic E-state index is 12.4. The second-order valence-electron chi connectivity index (χ2n) is 5.38. The summed E-state index contributed by atoms with van der Waals surface area (Å²) in [5.41, 5.74) is 0. The first-order valence-corrected chi connectivity index (χ1v) is 9.91. The Morgan fingerprint density at radius 3 is 2.45 bits per heavy atom. The molecule has 2 unspecified atom stereocenters. The van der Waals surface area contributed by atoms with Gasteiger partial charge in [0.25, 0.3) is 0 Å². The molecule has 0 aromatic rings. The average molecular weight is 323 g/mol. The Morgan fingerprint density at radius 2 is 1.85 bits per heavy atom. The Balaban J connectivity index is 2.02. The van der Waals surface area contributed by atoms with Crippen molar-refractivity contribution in [2.75, 3.05) is 18.6 Å². The van der Waals surface area contributed by atoms with E-state index in [1.54, 1.807) is 0 Å². The number of esters is 1. The van der Waals surface area contributed by atoms with Gasteiger partial charge in [0.05, 0.1) is 18.3 Å². The van der Waals surface area contributed by atoms with Crippen LogP contribution in [-0.2, 0) is 30.4 Å². The minimum atomic E-state index is -3.53. The fourth-order valence-corrected chi connectivity index (χ4v) is 6.28. The second kappa shape index (κ2) is 6.53. The number of hydrogen-bond acceptors (Lipinski definition) is 5. The lowest BCUT2D eigenvalue weighted by Crippen LogP contribution is -2.46. The molecule has 1 N–H and O–H groups in total. The Kier molecular flexibility index (Phi) is 5.19. The first-order chi connectivity index (χ1) is 9.44. The minimum absolute atomic E-state index is 0.156. The SMILES string of the molecule is COC(=O)C1CCCC1S(=O)(=O)NC1CCS(=O)CC1. The van der Waals surface area contributed by atoms with Gasteiger partial charge in [0.1, 0.15) is 0 Å². The van der Waals surface area contributed by atoms with E-state index in [9.17, 15) is 17.4 Å². The van der Waals surface area contributed by atoms with Gasteiger partial charge in [-0.05, 0) is 25.7 Å². The summed E-state index contributed by atoms with van der Waals surface area (Å²) in [6.07, 6.45) is 2.98. The molecule has 0 bridgehead atoms.